The smallest absolute Gasteiger partial charge is 0.161 e. The highest BCUT2D eigenvalue weighted by molar-refractivity contribution is 6.30. The molecular formula is C54H18F12N6. The highest BCUT2D eigenvalue weighted by Gasteiger charge is 2.22. The maximum absolute atomic E-state index is 14.0. The van der Waals surface area contributed by atoms with E-state index in [1.54, 1.807) is 36.4 Å². The molecule has 348 valence electrons. The molecule has 0 saturated heterocycles. The van der Waals surface area contributed by atoms with Gasteiger partial charge in [0.15, 0.2) is 69.8 Å². The minimum absolute atomic E-state index is 0.0175. The van der Waals surface area contributed by atoms with Gasteiger partial charge in [0.05, 0.1) is 33.1 Å². The maximum Gasteiger partial charge on any atom is 0.161 e. The van der Waals surface area contributed by atoms with E-state index in [0.717, 1.165) is 72.8 Å². The van der Waals surface area contributed by atoms with Crippen LogP contribution in [-0.4, -0.2) is 29.9 Å². The molecule has 18 heteroatoms. The van der Waals surface area contributed by atoms with Gasteiger partial charge in [-0.05, 0) is 137 Å². The van der Waals surface area contributed by atoms with Crippen molar-refractivity contribution in [2.24, 2.45) is 0 Å². The Kier molecular flexibility index (Phi) is 9.09. The van der Waals surface area contributed by atoms with E-state index < -0.39 is 69.8 Å². The van der Waals surface area contributed by atoms with Crippen LogP contribution in [0, 0.1) is 69.8 Å². The summed E-state index contributed by atoms with van der Waals surface area (Å²) < 4.78 is 168. The normalized spacial score (nSPS) is 12.2. The lowest BCUT2D eigenvalue weighted by Gasteiger charge is -2.15. The van der Waals surface area contributed by atoms with Crippen molar-refractivity contribution in [3.8, 4) is 0 Å². The number of nitrogens with zero attached hydrogens (tertiary/aromatic N) is 6. The Morgan fingerprint density at radius 2 is 0.292 bits per heavy atom. The second-order valence-electron chi connectivity index (χ2n) is 17.1. The van der Waals surface area contributed by atoms with Gasteiger partial charge in [-0.1, -0.05) is 0 Å². The molecule has 14 rings (SSSR count). The van der Waals surface area contributed by atoms with Crippen LogP contribution in [0.15, 0.2) is 109 Å². The van der Waals surface area contributed by atoms with Crippen molar-refractivity contribution >= 4 is 131 Å². The van der Waals surface area contributed by atoms with Gasteiger partial charge >= 0.3 is 0 Å². The molecular weight excluding hydrogens is 961 g/mol. The summed E-state index contributed by atoms with van der Waals surface area (Å²) in [5.41, 5.74) is 0.0971. The van der Waals surface area contributed by atoms with Gasteiger partial charge in [0.1, 0.15) is 33.1 Å². The van der Waals surface area contributed by atoms with Crippen LogP contribution in [0.5, 0.6) is 0 Å². The fraction of sp³-hybridized carbons (Fsp3) is 0. The number of benzene rings is 11. The minimum Gasteiger partial charge on any atom is -0.242 e. The Morgan fingerprint density at radius 3 is 0.431 bits per heavy atom. The van der Waals surface area contributed by atoms with Crippen LogP contribution in [0.4, 0.5) is 52.7 Å². The van der Waals surface area contributed by atoms with Gasteiger partial charge in [0, 0.05) is 36.4 Å². The second kappa shape index (κ2) is 15.2. The summed E-state index contributed by atoms with van der Waals surface area (Å²) in [7, 11) is 0. The second-order valence-corrected chi connectivity index (χ2v) is 17.1. The predicted octanol–water partition coefficient (Wildman–Crippen LogP) is 15.3. The number of fused-ring (bicyclic) bond motifs is 18. The molecule has 14 aromatic rings. The molecule has 6 nitrogen and oxygen atoms in total. The van der Waals surface area contributed by atoms with Gasteiger partial charge < -0.3 is 0 Å². The lowest BCUT2D eigenvalue weighted by Crippen LogP contribution is -2.00. The zero-order chi connectivity index (χ0) is 49.8. The largest absolute Gasteiger partial charge is 0.242 e. The summed E-state index contributed by atoms with van der Waals surface area (Å²) in [5.74, 6) is -12.8. The Morgan fingerprint density at radius 1 is 0.167 bits per heavy atom. The summed E-state index contributed by atoms with van der Waals surface area (Å²) in [4.78, 5) is 26.3. The van der Waals surface area contributed by atoms with Crippen LogP contribution in [0.25, 0.3) is 131 Å². The minimum atomic E-state index is -1.15. The van der Waals surface area contributed by atoms with Crippen molar-refractivity contribution in [2.45, 2.75) is 0 Å². The van der Waals surface area contributed by atoms with E-state index in [-0.39, 0.29) is 66.2 Å². The van der Waals surface area contributed by atoms with Gasteiger partial charge in [0.2, 0.25) is 0 Å². The number of rotatable bonds is 0. The van der Waals surface area contributed by atoms with E-state index in [4.69, 9.17) is 0 Å². The van der Waals surface area contributed by atoms with Gasteiger partial charge in [-0.25, -0.2) is 82.6 Å². The first kappa shape index (κ1) is 43.0. The Labute approximate surface area is 391 Å². The van der Waals surface area contributed by atoms with Crippen LogP contribution in [0.3, 0.4) is 0 Å². The molecule has 0 aliphatic rings. The quantitative estimate of drug-likeness (QED) is 0.0856. The highest BCUT2D eigenvalue weighted by atomic mass is 19.2. The lowest BCUT2D eigenvalue weighted by molar-refractivity contribution is 0.510. The molecule has 0 N–H and O–H groups in total. The maximum atomic E-state index is 14.0. The molecule has 0 saturated carbocycles. The molecule has 0 amide bonds. The van der Waals surface area contributed by atoms with E-state index in [1.165, 1.54) is 0 Å². The molecule has 3 heterocycles. The van der Waals surface area contributed by atoms with Crippen molar-refractivity contribution in [3.05, 3.63) is 179 Å². The SMILES string of the molecule is Fc1cc2cc3c4cc5cc(F)c(F)cc5cc4c4cc5cc(F)c(F)cc5cc4c3cc2cc1F.Fc1cc2nc3c4nc5cc(F)c(F)cc5nc4c4nc5cc(F)c(F)cc5nc4c3nc2cc1F. The Balaban J connectivity index is 0.000000140. The van der Waals surface area contributed by atoms with Gasteiger partial charge in [-0.15, -0.1) is 0 Å². The highest BCUT2D eigenvalue weighted by Crippen LogP contribution is 2.42. The summed E-state index contributed by atoms with van der Waals surface area (Å²) in [6.45, 7) is 0. The topological polar surface area (TPSA) is 77.3 Å². The molecule has 0 aliphatic heterocycles. The van der Waals surface area contributed by atoms with Crippen LogP contribution < -0.4 is 0 Å². The zero-order valence-electron chi connectivity index (χ0n) is 35.6. The first-order valence-electron chi connectivity index (χ1n) is 21.3. The van der Waals surface area contributed by atoms with Crippen LogP contribution in [0.1, 0.15) is 0 Å². The standard InChI is InChI=1S/C30H12F6.C24H6F6N6/c31-25-7-13-1-19-20(2-14(13)8-26(25)32)22-5-17-11-29(35)30(36)12-18(17)6-24(22)23-4-16-10-28(34)27(33)9-15(16)3-21(19)23;25-7-1-13-14(2-8(7)26)32-20-19(31-13)21-23(35-16-4-10(28)9(27)3-15(16)33-21)24-22(20)34-17-5-11(29)12(30)6-18(17)36-24/h1-12H;1-6H. The van der Waals surface area contributed by atoms with Crippen LogP contribution in [-0.2, 0) is 0 Å². The van der Waals surface area contributed by atoms with E-state index in [9.17, 15) is 52.7 Å². The molecule has 72 heavy (non-hydrogen) atoms. The molecule has 3 aromatic heterocycles. The lowest BCUT2D eigenvalue weighted by atomic mass is 9.89. The van der Waals surface area contributed by atoms with Gasteiger partial charge in [0.25, 0.3) is 0 Å². The van der Waals surface area contributed by atoms with Crippen molar-refractivity contribution in [1.29, 1.82) is 0 Å². The first-order valence-corrected chi connectivity index (χ1v) is 21.3. The molecule has 0 aliphatic carbocycles. The first-order chi connectivity index (χ1) is 34.5. The number of hydrogen-bond donors (Lipinski definition) is 0. The third kappa shape index (κ3) is 6.54. The monoisotopic (exact) mass is 978 g/mol. The van der Waals surface area contributed by atoms with E-state index in [2.05, 4.69) is 29.9 Å². The molecule has 0 bridgehead atoms. The van der Waals surface area contributed by atoms with Gasteiger partial charge in [-0.3, -0.25) is 0 Å². The molecule has 0 spiro atoms. The fourth-order valence-electron chi connectivity index (χ4n) is 9.37. The third-order valence-electron chi connectivity index (χ3n) is 12.7. The van der Waals surface area contributed by atoms with Crippen molar-refractivity contribution in [2.75, 3.05) is 0 Å². The predicted molar refractivity (Wildman–Crippen MR) is 249 cm³/mol. The van der Waals surface area contributed by atoms with Crippen molar-refractivity contribution in [1.82, 2.24) is 29.9 Å². The number of hydrogen-bond acceptors (Lipinski definition) is 6. The molecule has 0 unspecified atom stereocenters. The fourth-order valence-corrected chi connectivity index (χ4v) is 9.37. The van der Waals surface area contributed by atoms with Crippen molar-refractivity contribution in [3.63, 3.8) is 0 Å². The average Bonchev–Trinajstić information content (AvgIpc) is 3.34. The summed E-state index contributed by atoms with van der Waals surface area (Å²) in [5, 5.41) is 6.78. The van der Waals surface area contributed by atoms with Crippen molar-refractivity contribution < 1.29 is 52.7 Å². The van der Waals surface area contributed by atoms with Crippen LogP contribution >= 0.6 is 0 Å². The van der Waals surface area contributed by atoms with E-state index in [1.807, 2.05) is 0 Å². The molecule has 0 atom stereocenters. The zero-order valence-corrected chi connectivity index (χ0v) is 35.6. The van der Waals surface area contributed by atoms with E-state index >= 15 is 0 Å². The average molecular weight is 979 g/mol. The Hall–Kier alpha value is -9.06. The molecule has 11 aromatic carbocycles. The van der Waals surface area contributed by atoms with Crippen LogP contribution in [0.2, 0.25) is 0 Å². The summed E-state index contributed by atoms with van der Waals surface area (Å²) >= 11 is 0. The summed E-state index contributed by atoms with van der Waals surface area (Å²) in [6, 6.07) is 22.0. The third-order valence-corrected chi connectivity index (χ3v) is 12.7. The van der Waals surface area contributed by atoms with E-state index in [0.29, 0.717) is 64.6 Å². The Bertz CT molecular complexity index is 3710. The summed E-state index contributed by atoms with van der Waals surface area (Å²) in [6.07, 6.45) is 0. The number of halogens is 12. The van der Waals surface area contributed by atoms with Gasteiger partial charge in [-0.2, -0.15) is 0 Å². The molecule has 0 radical (unpaired) electrons. The molecule has 0 fully saturated rings. The number of aromatic nitrogens is 6.